The summed E-state index contributed by atoms with van der Waals surface area (Å²) in [6.07, 6.45) is 0. The minimum absolute atomic E-state index is 0.635. The summed E-state index contributed by atoms with van der Waals surface area (Å²) in [6, 6.07) is 9.22. The Kier molecular flexibility index (Phi) is 1.97. The predicted octanol–water partition coefficient (Wildman–Crippen LogP) is 2.95. The molecular formula is C11H8ClN3O. The van der Waals surface area contributed by atoms with Crippen molar-refractivity contribution >= 4 is 17.2 Å². The quantitative estimate of drug-likeness (QED) is 0.649. The summed E-state index contributed by atoms with van der Waals surface area (Å²) >= 11 is 5.81. The maximum Gasteiger partial charge on any atom is 0.196 e. The first-order valence-electron chi connectivity index (χ1n) is 4.82. The number of rotatable bonds is 1. The SMILES string of the molecule is Cc1cc2nc(-c3ccc(Cl)cc3)nn2o1. The molecule has 0 radical (unpaired) electrons. The third-order valence-electron chi connectivity index (χ3n) is 2.27. The van der Waals surface area contributed by atoms with Crippen LogP contribution in [-0.2, 0) is 0 Å². The standard InChI is InChI=1S/C11H8ClN3O/c1-7-6-10-13-11(14-15(10)16-7)8-2-4-9(12)5-3-8/h2-6H,1H3. The first-order chi connectivity index (χ1) is 7.72. The summed E-state index contributed by atoms with van der Waals surface area (Å²) in [4.78, 5) is 4.35. The molecule has 0 bridgehead atoms. The summed E-state index contributed by atoms with van der Waals surface area (Å²) in [5.74, 6) is 1.42. The van der Waals surface area contributed by atoms with Gasteiger partial charge in [-0.05, 0) is 31.2 Å². The molecule has 80 valence electrons. The fraction of sp³-hybridized carbons (Fsp3) is 0.0909. The fourth-order valence-electron chi connectivity index (χ4n) is 1.53. The lowest BCUT2D eigenvalue weighted by molar-refractivity contribution is 0.322. The number of benzene rings is 1. The van der Waals surface area contributed by atoms with Crippen LogP contribution in [0.15, 0.2) is 34.9 Å². The van der Waals surface area contributed by atoms with Gasteiger partial charge < -0.3 is 4.52 Å². The molecule has 2 heterocycles. The molecule has 0 spiro atoms. The monoisotopic (exact) mass is 233 g/mol. The molecule has 0 amide bonds. The minimum Gasteiger partial charge on any atom is -0.361 e. The highest BCUT2D eigenvalue weighted by Gasteiger charge is 2.08. The van der Waals surface area contributed by atoms with E-state index in [0.717, 1.165) is 11.3 Å². The van der Waals surface area contributed by atoms with Gasteiger partial charge >= 0.3 is 0 Å². The van der Waals surface area contributed by atoms with E-state index in [4.69, 9.17) is 16.1 Å². The van der Waals surface area contributed by atoms with Gasteiger partial charge in [0.15, 0.2) is 11.5 Å². The van der Waals surface area contributed by atoms with Crippen LogP contribution >= 0.6 is 11.6 Å². The van der Waals surface area contributed by atoms with Crippen molar-refractivity contribution in [3.8, 4) is 11.4 Å². The Morgan fingerprint density at radius 1 is 1.25 bits per heavy atom. The summed E-state index contributed by atoms with van der Waals surface area (Å²) < 4.78 is 6.73. The molecule has 0 atom stereocenters. The zero-order valence-electron chi connectivity index (χ0n) is 8.51. The number of aromatic nitrogens is 3. The Labute approximate surface area is 96.4 Å². The van der Waals surface area contributed by atoms with Crippen LogP contribution in [-0.4, -0.2) is 14.8 Å². The van der Waals surface area contributed by atoms with Crippen molar-refractivity contribution in [1.82, 2.24) is 14.8 Å². The zero-order chi connectivity index (χ0) is 11.1. The van der Waals surface area contributed by atoms with Crippen LogP contribution in [0.2, 0.25) is 5.02 Å². The van der Waals surface area contributed by atoms with Gasteiger partial charge in [-0.1, -0.05) is 16.3 Å². The average molecular weight is 234 g/mol. The smallest absolute Gasteiger partial charge is 0.196 e. The Morgan fingerprint density at radius 2 is 2.00 bits per heavy atom. The molecule has 0 N–H and O–H groups in total. The van der Waals surface area contributed by atoms with Gasteiger partial charge in [0, 0.05) is 16.7 Å². The highest BCUT2D eigenvalue weighted by molar-refractivity contribution is 6.30. The molecule has 2 aromatic heterocycles. The molecule has 0 saturated heterocycles. The van der Waals surface area contributed by atoms with E-state index in [1.165, 1.54) is 4.69 Å². The van der Waals surface area contributed by atoms with Crippen molar-refractivity contribution in [2.75, 3.05) is 0 Å². The van der Waals surface area contributed by atoms with E-state index in [0.29, 0.717) is 16.5 Å². The minimum atomic E-state index is 0.635. The molecule has 5 heteroatoms. The fourth-order valence-corrected chi connectivity index (χ4v) is 1.66. The third-order valence-corrected chi connectivity index (χ3v) is 2.52. The van der Waals surface area contributed by atoms with Crippen LogP contribution in [0, 0.1) is 6.92 Å². The van der Waals surface area contributed by atoms with Crippen molar-refractivity contribution in [3.63, 3.8) is 0 Å². The highest BCUT2D eigenvalue weighted by Crippen LogP contribution is 2.19. The van der Waals surface area contributed by atoms with Crippen LogP contribution in [0.3, 0.4) is 0 Å². The summed E-state index contributed by atoms with van der Waals surface area (Å²) in [5, 5.41) is 4.93. The molecule has 4 nitrogen and oxygen atoms in total. The molecular weight excluding hydrogens is 226 g/mol. The van der Waals surface area contributed by atoms with Gasteiger partial charge in [-0.15, -0.1) is 5.10 Å². The zero-order valence-corrected chi connectivity index (χ0v) is 9.27. The molecule has 0 saturated carbocycles. The molecule has 0 aliphatic rings. The maximum atomic E-state index is 5.81. The van der Waals surface area contributed by atoms with Gasteiger partial charge in [0.25, 0.3) is 0 Å². The van der Waals surface area contributed by atoms with E-state index in [2.05, 4.69) is 10.1 Å². The largest absolute Gasteiger partial charge is 0.361 e. The van der Waals surface area contributed by atoms with Gasteiger partial charge in [-0.2, -0.15) is 0 Å². The van der Waals surface area contributed by atoms with Crippen molar-refractivity contribution in [2.24, 2.45) is 0 Å². The lowest BCUT2D eigenvalue weighted by atomic mass is 10.2. The van der Waals surface area contributed by atoms with Gasteiger partial charge in [-0.25, -0.2) is 4.98 Å². The second-order valence-corrected chi connectivity index (χ2v) is 3.96. The van der Waals surface area contributed by atoms with Gasteiger partial charge in [-0.3, -0.25) is 0 Å². The van der Waals surface area contributed by atoms with Gasteiger partial charge in [0.2, 0.25) is 0 Å². The average Bonchev–Trinajstić information content (AvgIpc) is 2.75. The van der Waals surface area contributed by atoms with Crippen molar-refractivity contribution in [1.29, 1.82) is 0 Å². The van der Waals surface area contributed by atoms with Crippen LogP contribution < -0.4 is 0 Å². The van der Waals surface area contributed by atoms with Crippen LogP contribution in [0.4, 0.5) is 0 Å². The number of hydrogen-bond acceptors (Lipinski definition) is 3. The summed E-state index contributed by atoms with van der Waals surface area (Å²) in [6.45, 7) is 1.86. The lowest BCUT2D eigenvalue weighted by Gasteiger charge is -1.93. The topological polar surface area (TPSA) is 43.3 Å². The van der Waals surface area contributed by atoms with Crippen molar-refractivity contribution < 1.29 is 4.52 Å². The predicted molar refractivity (Wildman–Crippen MR) is 60.4 cm³/mol. The number of halogens is 1. The van der Waals surface area contributed by atoms with E-state index in [9.17, 15) is 0 Å². The molecule has 3 aromatic rings. The van der Waals surface area contributed by atoms with E-state index >= 15 is 0 Å². The summed E-state index contributed by atoms with van der Waals surface area (Å²) in [5.41, 5.74) is 1.63. The normalized spacial score (nSPS) is 11.1. The molecule has 0 aliphatic carbocycles. The first kappa shape index (κ1) is 9.42. The molecule has 0 fully saturated rings. The molecule has 16 heavy (non-hydrogen) atoms. The number of hydrogen-bond donors (Lipinski definition) is 0. The third kappa shape index (κ3) is 1.47. The van der Waals surface area contributed by atoms with Crippen molar-refractivity contribution in [3.05, 3.63) is 41.1 Å². The molecule has 0 aliphatic heterocycles. The number of fused-ring (bicyclic) bond motifs is 1. The number of aryl methyl sites for hydroxylation is 1. The Morgan fingerprint density at radius 3 is 2.69 bits per heavy atom. The second kappa shape index (κ2) is 3.35. The Bertz CT molecular complexity index is 607. The van der Waals surface area contributed by atoms with Crippen molar-refractivity contribution in [2.45, 2.75) is 6.92 Å². The van der Waals surface area contributed by atoms with Crippen LogP contribution in [0.1, 0.15) is 5.76 Å². The van der Waals surface area contributed by atoms with E-state index in [1.54, 1.807) is 0 Å². The Hall–Kier alpha value is -1.81. The number of nitrogens with zero attached hydrogens (tertiary/aromatic N) is 3. The lowest BCUT2D eigenvalue weighted by Crippen LogP contribution is -1.83. The van der Waals surface area contributed by atoms with E-state index in [-0.39, 0.29) is 0 Å². The first-order valence-corrected chi connectivity index (χ1v) is 5.20. The molecule has 1 aromatic carbocycles. The van der Waals surface area contributed by atoms with E-state index < -0.39 is 0 Å². The summed E-state index contributed by atoms with van der Waals surface area (Å²) in [7, 11) is 0. The Balaban J connectivity index is 2.11. The van der Waals surface area contributed by atoms with Crippen LogP contribution in [0.5, 0.6) is 0 Å². The van der Waals surface area contributed by atoms with Gasteiger partial charge in [0.05, 0.1) is 0 Å². The van der Waals surface area contributed by atoms with Gasteiger partial charge in [0.1, 0.15) is 5.76 Å². The molecule has 0 unspecified atom stereocenters. The highest BCUT2D eigenvalue weighted by atomic mass is 35.5. The molecule has 3 rings (SSSR count). The van der Waals surface area contributed by atoms with E-state index in [1.807, 2.05) is 37.3 Å². The second-order valence-electron chi connectivity index (χ2n) is 3.52. The maximum absolute atomic E-state index is 5.81. The van der Waals surface area contributed by atoms with Crippen LogP contribution in [0.25, 0.3) is 17.0 Å².